The monoisotopic (exact) mass is 354 g/mol. The molecule has 6 nitrogen and oxygen atoms in total. The van der Waals surface area contributed by atoms with Crippen LogP contribution in [0.25, 0.3) is 0 Å². The molecule has 0 bridgehead atoms. The first kappa shape index (κ1) is 17.8. The van der Waals surface area contributed by atoms with Gasteiger partial charge in [0.15, 0.2) is 11.5 Å². The zero-order valence-corrected chi connectivity index (χ0v) is 14.9. The molecule has 0 fully saturated rings. The summed E-state index contributed by atoms with van der Waals surface area (Å²) in [5.41, 5.74) is 1.59. The molecule has 0 aliphatic carbocycles. The van der Waals surface area contributed by atoms with Gasteiger partial charge in [0.1, 0.15) is 19.8 Å². The van der Waals surface area contributed by atoms with Crippen molar-refractivity contribution in [3.8, 4) is 11.5 Å². The van der Waals surface area contributed by atoms with Gasteiger partial charge in [-0.25, -0.2) is 0 Å². The van der Waals surface area contributed by atoms with Crippen molar-refractivity contribution in [3.63, 3.8) is 0 Å². The number of nitrogens with zero attached hydrogens (tertiary/aromatic N) is 1. The highest BCUT2D eigenvalue weighted by Crippen LogP contribution is 2.32. The van der Waals surface area contributed by atoms with E-state index in [1.807, 2.05) is 37.3 Å². The van der Waals surface area contributed by atoms with Crippen molar-refractivity contribution in [3.05, 3.63) is 54.1 Å². The zero-order chi connectivity index (χ0) is 18.5. The van der Waals surface area contributed by atoms with Gasteiger partial charge in [-0.05, 0) is 24.6 Å². The molecule has 6 heteroatoms. The summed E-state index contributed by atoms with van der Waals surface area (Å²) in [5, 5.41) is 2.82. The van der Waals surface area contributed by atoms with Crippen molar-refractivity contribution < 1.29 is 19.1 Å². The van der Waals surface area contributed by atoms with Gasteiger partial charge in [0.25, 0.3) is 0 Å². The second-order valence-corrected chi connectivity index (χ2v) is 6.14. The van der Waals surface area contributed by atoms with Crippen LogP contribution in [0.3, 0.4) is 0 Å². The topological polar surface area (TPSA) is 67.9 Å². The summed E-state index contributed by atoms with van der Waals surface area (Å²) in [5.74, 6) is 0.853. The first-order valence-corrected chi connectivity index (χ1v) is 8.56. The van der Waals surface area contributed by atoms with E-state index >= 15 is 0 Å². The Bertz CT molecular complexity index is 792. The third-order valence-electron chi connectivity index (χ3n) is 4.29. The molecule has 1 heterocycles. The summed E-state index contributed by atoms with van der Waals surface area (Å²) in [7, 11) is 0. The molecule has 2 aromatic carbocycles. The number of hydrogen-bond donors (Lipinski definition) is 1. The number of rotatable bonds is 5. The highest BCUT2D eigenvalue weighted by Gasteiger charge is 2.21. The highest BCUT2D eigenvalue weighted by atomic mass is 16.6. The Morgan fingerprint density at radius 1 is 1.08 bits per heavy atom. The van der Waals surface area contributed by atoms with Gasteiger partial charge in [0.2, 0.25) is 11.8 Å². The molecule has 2 aromatic rings. The van der Waals surface area contributed by atoms with Crippen LogP contribution in [0.2, 0.25) is 0 Å². The lowest BCUT2D eigenvalue weighted by atomic mass is 10.1. The minimum atomic E-state index is -0.264. The molecule has 1 atom stereocenters. The summed E-state index contributed by atoms with van der Waals surface area (Å²) in [6.45, 7) is 4.35. The van der Waals surface area contributed by atoms with Crippen LogP contribution in [0.5, 0.6) is 11.5 Å². The van der Waals surface area contributed by atoms with Gasteiger partial charge >= 0.3 is 0 Å². The van der Waals surface area contributed by atoms with E-state index in [2.05, 4.69) is 5.32 Å². The van der Waals surface area contributed by atoms with E-state index in [4.69, 9.17) is 9.47 Å². The summed E-state index contributed by atoms with van der Waals surface area (Å²) in [6, 6.07) is 14.7. The summed E-state index contributed by atoms with van der Waals surface area (Å²) in [4.78, 5) is 26.0. The number of anilines is 1. The number of carbonyl (C=O) groups excluding carboxylic acids is 2. The van der Waals surface area contributed by atoms with Crippen molar-refractivity contribution in [2.24, 2.45) is 0 Å². The normalized spacial score (nSPS) is 13.6. The van der Waals surface area contributed by atoms with Gasteiger partial charge in [0, 0.05) is 18.7 Å². The third kappa shape index (κ3) is 4.14. The quantitative estimate of drug-likeness (QED) is 0.896. The Labute approximate surface area is 152 Å². The molecule has 0 radical (unpaired) electrons. The Morgan fingerprint density at radius 3 is 2.46 bits per heavy atom. The van der Waals surface area contributed by atoms with Gasteiger partial charge in [-0.3, -0.25) is 9.59 Å². The average Bonchev–Trinajstić information content (AvgIpc) is 2.66. The molecule has 0 aromatic heterocycles. The van der Waals surface area contributed by atoms with E-state index in [9.17, 15) is 9.59 Å². The van der Waals surface area contributed by atoms with Crippen molar-refractivity contribution >= 4 is 17.5 Å². The summed E-state index contributed by atoms with van der Waals surface area (Å²) in [6.07, 6.45) is 0. The molecule has 2 amide bonds. The van der Waals surface area contributed by atoms with Gasteiger partial charge in [-0.1, -0.05) is 30.3 Å². The smallest absolute Gasteiger partial charge is 0.244 e. The number of nitrogens with one attached hydrogen (secondary N) is 1. The first-order chi connectivity index (χ1) is 12.5. The maximum absolute atomic E-state index is 12.5. The van der Waals surface area contributed by atoms with Crippen molar-refractivity contribution in [2.75, 3.05) is 25.1 Å². The molecule has 1 N–H and O–H groups in total. The molecule has 1 unspecified atom stereocenters. The van der Waals surface area contributed by atoms with Crippen molar-refractivity contribution in [1.29, 1.82) is 0 Å². The number of carbonyl (C=O) groups is 2. The minimum absolute atomic E-state index is 0.0279. The van der Waals surface area contributed by atoms with Crippen molar-refractivity contribution in [2.45, 2.75) is 19.9 Å². The molecule has 0 saturated heterocycles. The molecular weight excluding hydrogens is 332 g/mol. The second kappa shape index (κ2) is 7.91. The standard InChI is InChI=1S/C20H22N2O4/c1-14(16-6-4-3-5-7-16)22(15(2)23)13-20(24)21-17-8-9-18-19(12-17)26-11-10-25-18/h3-9,12,14H,10-11,13H2,1-2H3,(H,21,24). The molecular formula is C20H22N2O4. The Kier molecular flexibility index (Phi) is 5.41. The fourth-order valence-corrected chi connectivity index (χ4v) is 2.91. The maximum atomic E-state index is 12.5. The largest absolute Gasteiger partial charge is 0.486 e. The van der Waals surface area contributed by atoms with Crippen LogP contribution in [-0.2, 0) is 9.59 Å². The highest BCUT2D eigenvalue weighted by molar-refractivity contribution is 5.94. The molecule has 1 aliphatic rings. The molecule has 3 rings (SSSR count). The number of fused-ring (bicyclic) bond motifs is 1. The molecule has 0 spiro atoms. The predicted octanol–water partition coefficient (Wildman–Crippen LogP) is 3.01. The molecule has 0 saturated carbocycles. The molecule has 26 heavy (non-hydrogen) atoms. The van der Waals surface area contributed by atoms with Gasteiger partial charge in [-0.15, -0.1) is 0 Å². The van der Waals surface area contributed by atoms with Crippen LogP contribution >= 0.6 is 0 Å². The zero-order valence-electron chi connectivity index (χ0n) is 14.9. The van der Waals surface area contributed by atoms with E-state index in [1.54, 1.807) is 23.1 Å². The van der Waals surface area contributed by atoms with Crippen LogP contribution in [0.15, 0.2) is 48.5 Å². The lowest BCUT2D eigenvalue weighted by Gasteiger charge is -2.28. The minimum Gasteiger partial charge on any atom is -0.486 e. The Morgan fingerprint density at radius 2 is 1.77 bits per heavy atom. The van der Waals surface area contributed by atoms with Gasteiger partial charge in [-0.2, -0.15) is 0 Å². The molecule has 1 aliphatic heterocycles. The Balaban J connectivity index is 1.68. The summed E-state index contributed by atoms with van der Waals surface area (Å²) >= 11 is 0. The number of ether oxygens (including phenoxy) is 2. The van der Waals surface area contributed by atoms with Gasteiger partial charge in [0.05, 0.1) is 6.04 Å². The lowest BCUT2D eigenvalue weighted by molar-refractivity contribution is -0.134. The van der Waals surface area contributed by atoms with Crippen molar-refractivity contribution in [1.82, 2.24) is 4.90 Å². The lowest BCUT2D eigenvalue weighted by Crippen LogP contribution is -2.38. The van der Waals surface area contributed by atoms with E-state index < -0.39 is 0 Å². The van der Waals surface area contributed by atoms with Crippen LogP contribution in [0.4, 0.5) is 5.69 Å². The first-order valence-electron chi connectivity index (χ1n) is 8.56. The van der Waals surface area contributed by atoms with E-state index in [-0.39, 0.29) is 24.4 Å². The SMILES string of the molecule is CC(=O)N(CC(=O)Nc1ccc2c(c1)OCCO2)C(C)c1ccccc1. The fraction of sp³-hybridized carbons (Fsp3) is 0.300. The number of hydrogen-bond acceptors (Lipinski definition) is 4. The average molecular weight is 354 g/mol. The fourth-order valence-electron chi connectivity index (χ4n) is 2.91. The molecule has 136 valence electrons. The maximum Gasteiger partial charge on any atom is 0.244 e. The van der Waals surface area contributed by atoms with Crippen LogP contribution in [0, 0.1) is 0 Å². The van der Waals surface area contributed by atoms with Crippen LogP contribution in [-0.4, -0.2) is 36.5 Å². The van der Waals surface area contributed by atoms with Crippen LogP contribution in [0.1, 0.15) is 25.5 Å². The van der Waals surface area contributed by atoms with Crippen LogP contribution < -0.4 is 14.8 Å². The Hall–Kier alpha value is -3.02. The van der Waals surface area contributed by atoms with E-state index in [1.165, 1.54) is 6.92 Å². The second-order valence-electron chi connectivity index (χ2n) is 6.14. The van der Waals surface area contributed by atoms with Gasteiger partial charge < -0.3 is 19.7 Å². The number of amides is 2. The number of benzene rings is 2. The van der Waals surface area contributed by atoms with E-state index in [0.29, 0.717) is 30.4 Å². The predicted molar refractivity (Wildman–Crippen MR) is 98.3 cm³/mol. The third-order valence-corrected chi connectivity index (χ3v) is 4.29. The van der Waals surface area contributed by atoms with E-state index in [0.717, 1.165) is 5.56 Å². The summed E-state index contributed by atoms with van der Waals surface area (Å²) < 4.78 is 11.0.